The molecular weight excluding hydrogens is 276 g/mol. The molecule has 0 unspecified atom stereocenters. The summed E-state index contributed by atoms with van der Waals surface area (Å²) in [5.41, 5.74) is 2.00. The molecule has 0 saturated heterocycles. The van der Waals surface area contributed by atoms with E-state index < -0.39 is 0 Å². The Balaban J connectivity index is 1.78. The Hall–Kier alpha value is -1.84. The summed E-state index contributed by atoms with van der Waals surface area (Å²) in [6.07, 6.45) is 0.184. The zero-order valence-electron chi connectivity index (χ0n) is 13.7. The van der Waals surface area contributed by atoms with Gasteiger partial charge in [0.15, 0.2) is 0 Å². The van der Waals surface area contributed by atoms with Crippen molar-refractivity contribution in [1.29, 1.82) is 0 Å². The van der Waals surface area contributed by atoms with Crippen LogP contribution in [0.25, 0.3) is 0 Å². The maximum Gasteiger partial charge on any atom is 0.216 e. The number of ether oxygens (including phenoxy) is 2. The van der Waals surface area contributed by atoms with Crippen molar-refractivity contribution in [1.82, 2.24) is 0 Å². The third-order valence-corrected chi connectivity index (χ3v) is 4.22. The lowest BCUT2D eigenvalue weighted by molar-refractivity contribution is 0.172. The van der Waals surface area contributed by atoms with E-state index in [1.807, 2.05) is 18.2 Å². The summed E-state index contributed by atoms with van der Waals surface area (Å²) in [6.45, 7) is 10.1. The van der Waals surface area contributed by atoms with Gasteiger partial charge in [-0.05, 0) is 30.0 Å². The van der Waals surface area contributed by atoms with Gasteiger partial charge in [0.1, 0.15) is 12.7 Å². The monoisotopic (exact) mass is 300 g/mol. The van der Waals surface area contributed by atoms with E-state index in [1.54, 1.807) is 0 Å². The van der Waals surface area contributed by atoms with E-state index in [9.17, 15) is 0 Å². The highest BCUT2D eigenvalue weighted by atomic mass is 16.5. The van der Waals surface area contributed by atoms with Crippen molar-refractivity contribution in [2.75, 3.05) is 13.2 Å². The summed E-state index contributed by atoms with van der Waals surface area (Å²) >= 11 is 0. The molecular formula is C18H24N2O2. The van der Waals surface area contributed by atoms with Crippen molar-refractivity contribution < 1.29 is 9.47 Å². The second kappa shape index (κ2) is 6.11. The molecule has 0 radical (unpaired) electrons. The lowest BCUT2D eigenvalue weighted by Gasteiger charge is -2.14. The van der Waals surface area contributed by atoms with Gasteiger partial charge in [-0.3, -0.25) is 0 Å². The average molecular weight is 300 g/mol. The van der Waals surface area contributed by atoms with Gasteiger partial charge in [0.25, 0.3) is 0 Å². The van der Waals surface area contributed by atoms with Crippen LogP contribution in [0.15, 0.2) is 34.3 Å². The molecule has 0 amide bonds. The van der Waals surface area contributed by atoms with Crippen LogP contribution in [0.4, 0.5) is 0 Å². The van der Waals surface area contributed by atoms with E-state index in [1.165, 1.54) is 0 Å². The molecule has 0 spiro atoms. The average Bonchev–Trinajstić information content (AvgIpc) is 3.17. The summed E-state index contributed by atoms with van der Waals surface area (Å²) in [5, 5.41) is 0. The van der Waals surface area contributed by atoms with Gasteiger partial charge in [0.2, 0.25) is 11.8 Å². The van der Waals surface area contributed by atoms with Crippen LogP contribution in [0, 0.1) is 11.8 Å². The first-order valence-corrected chi connectivity index (χ1v) is 8.07. The SMILES string of the molecule is CC(C)[C@@H]1CN=C(c2cccc(C3=N[C@@H](C(C)C)CO3)c2)O1. The van der Waals surface area contributed by atoms with Crippen molar-refractivity contribution in [3.8, 4) is 0 Å². The highest BCUT2D eigenvalue weighted by molar-refractivity contribution is 6.00. The maximum absolute atomic E-state index is 5.96. The van der Waals surface area contributed by atoms with Gasteiger partial charge in [-0.2, -0.15) is 0 Å². The Morgan fingerprint density at radius 3 is 2.36 bits per heavy atom. The summed E-state index contributed by atoms with van der Waals surface area (Å²) < 4.78 is 11.7. The largest absolute Gasteiger partial charge is 0.475 e. The first kappa shape index (κ1) is 15.1. The predicted molar refractivity (Wildman–Crippen MR) is 88.7 cm³/mol. The molecule has 2 aliphatic rings. The minimum absolute atomic E-state index is 0.184. The van der Waals surface area contributed by atoms with Gasteiger partial charge in [0, 0.05) is 11.1 Å². The highest BCUT2D eigenvalue weighted by Crippen LogP contribution is 2.21. The van der Waals surface area contributed by atoms with Gasteiger partial charge in [-0.25, -0.2) is 9.98 Å². The number of rotatable bonds is 4. The third kappa shape index (κ3) is 3.01. The molecule has 22 heavy (non-hydrogen) atoms. The molecule has 1 aromatic carbocycles. The molecule has 2 aliphatic heterocycles. The molecule has 0 aliphatic carbocycles. The van der Waals surface area contributed by atoms with Crippen molar-refractivity contribution in [3.05, 3.63) is 35.4 Å². The van der Waals surface area contributed by atoms with E-state index in [-0.39, 0.29) is 12.1 Å². The molecule has 0 bridgehead atoms. The molecule has 118 valence electrons. The Kier molecular flexibility index (Phi) is 4.19. The Morgan fingerprint density at radius 2 is 1.77 bits per heavy atom. The second-order valence-electron chi connectivity index (χ2n) is 6.68. The molecule has 2 heterocycles. The zero-order valence-corrected chi connectivity index (χ0v) is 13.7. The van der Waals surface area contributed by atoms with E-state index >= 15 is 0 Å². The molecule has 0 aromatic heterocycles. The lowest BCUT2D eigenvalue weighted by Crippen LogP contribution is -2.20. The zero-order chi connectivity index (χ0) is 15.7. The van der Waals surface area contributed by atoms with Crippen LogP contribution in [0.5, 0.6) is 0 Å². The van der Waals surface area contributed by atoms with Crippen LogP contribution >= 0.6 is 0 Å². The Labute approximate surface area is 132 Å². The number of aliphatic imine (C=N–C) groups is 2. The van der Waals surface area contributed by atoms with Crippen LogP contribution in [0.3, 0.4) is 0 Å². The fraction of sp³-hybridized carbons (Fsp3) is 0.556. The lowest BCUT2D eigenvalue weighted by atomic mass is 10.1. The van der Waals surface area contributed by atoms with Crippen molar-refractivity contribution in [3.63, 3.8) is 0 Å². The molecule has 4 heteroatoms. The first-order valence-electron chi connectivity index (χ1n) is 8.07. The first-order chi connectivity index (χ1) is 10.5. The number of benzene rings is 1. The Morgan fingerprint density at radius 1 is 1.05 bits per heavy atom. The van der Waals surface area contributed by atoms with Gasteiger partial charge in [0.05, 0.1) is 12.6 Å². The fourth-order valence-corrected chi connectivity index (χ4v) is 2.57. The van der Waals surface area contributed by atoms with Gasteiger partial charge >= 0.3 is 0 Å². The molecule has 0 N–H and O–H groups in total. The molecule has 0 fully saturated rings. The van der Waals surface area contributed by atoms with E-state index in [2.05, 4.69) is 43.7 Å². The van der Waals surface area contributed by atoms with Gasteiger partial charge in [-0.1, -0.05) is 33.8 Å². The molecule has 1 aromatic rings. The van der Waals surface area contributed by atoms with E-state index in [0.717, 1.165) is 29.5 Å². The van der Waals surface area contributed by atoms with Crippen LogP contribution < -0.4 is 0 Å². The molecule has 2 atom stereocenters. The van der Waals surface area contributed by atoms with E-state index in [0.29, 0.717) is 18.4 Å². The predicted octanol–water partition coefficient (Wildman–Crippen LogP) is 3.29. The second-order valence-corrected chi connectivity index (χ2v) is 6.68. The number of hydrogen-bond acceptors (Lipinski definition) is 4. The summed E-state index contributed by atoms with van der Waals surface area (Å²) in [4.78, 5) is 9.22. The minimum Gasteiger partial charge on any atom is -0.475 e. The van der Waals surface area contributed by atoms with Crippen molar-refractivity contribution in [2.24, 2.45) is 21.8 Å². The maximum atomic E-state index is 5.96. The quantitative estimate of drug-likeness (QED) is 0.856. The summed E-state index contributed by atoms with van der Waals surface area (Å²) in [6, 6.07) is 8.38. The smallest absolute Gasteiger partial charge is 0.216 e. The summed E-state index contributed by atoms with van der Waals surface area (Å²) in [5.74, 6) is 2.44. The van der Waals surface area contributed by atoms with Crippen LogP contribution in [-0.4, -0.2) is 37.1 Å². The standard InChI is InChI=1S/C18H24N2O2/c1-11(2)15-10-21-18(20-15)14-7-5-6-13(8-14)17-19-9-16(22-17)12(3)4/h5-8,11-12,15-16H,9-10H2,1-4H3/t15-,16+/m1/s1. The van der Waals surface area contributed by atoms with Gasteiger partial charge in [-0.15, -0.1) is 0 Å². The summed E-state index contributed by atoms with van der Waals surface area (Å²) in [7, 11) is 0. The molecule has 4 nitrogen and oxygen atoms in total. The molecule has 0 saturated carbocycles. The van der Waals surface area contributed by atoms with Crippen molar-refractivity contribution >= 4 is 11.8 Å². The highest BCUT2D eigenvalue weighted by Gasteiger charge is 2.26. The van der Waals surface area contributed by atoms with Crippen LogP contribution in [0.1, 0.15) is 38.8 Å². The van der Waals surface area contributed by atoms with Gasteiger partial charge < -0.3 is 9.47 Å². The number of hydrogen-bond donors (Lipinski definition) is 0. The van der Waals surface area contributed by atoms with E-state index in [4.69, 9.17) is 9.47 Å². The normalized spacial score (nSPS) is 24.3. The third-order valence-electron chi connectivity index (χ3n) is 4.22. The minimum atomic E-state index is 0.184. The topological polar surface area (TPSA) is 43.2 Å². The molecule has 3 rings (SSSR count). The Bertz CT molecular complexity index is 605. The fourth-order valence-electron chi connectivity index (χ4n) is 2.57. The van der Waals surface area contributed by atoms with Crippen LogP contribution in [0.2, 0.25) is 0 Å². The number of nitrogens with zero attached hydrogens (tertiary/aromatic N) is 2. The van der Waals surface area contributed by atoms with Crippen molar-refractivity contribution in [2.45, 2.75) is 39.8 Å². The van der Waals surface area contributed by atoms with Crippen LogP contribution in [-0.2, 0) is 9.47 Å².